The molecule has 28 heavy (non-hydrogen) atoms. The monoisotopic (exact) mass is 374 g/mol. The minimum absolute atomic E-state index is 0.249. The van der Waals surface area contributed by atoms with Crippen molar-refractivity contribution >= 4 is 34.1 Å². The summed E-state index contributed by atoms with van der Waals surface area (Å²) in [6.45, 7) is 3.97. The lowest BCUT2D eigenvalue weighted by atomic mass is 10.2. The van der Waals surface area contributed by atoms with Crippen molar-refractivity contribution in [3.8, 4) is 0 Å². The van der Waals surface area contributed by atoms with E-state index >= 15 is 0 Å². The van der Waals surface area contributed by atoms with Gasteiger partial charge in [0.15, 0.2) is 5.65 Å². The lowest BCUT2D eigenvalue weighted by Gasteiger charge is -2.07. The summed E-state index contributed by atoms with van der Waals surface area (Å²) in [6.07, 6.45) is 8.06. The van der Waals surface area contributed by atoms with Crippen molar-refractivity contribution in [1.29, 1.82) is 0 Å². The molecule has 9 nitrogen and oxygen atoms in total. The summed E-state index contributed by atoms with van der Waals surface area (Å²) in [6, 6.07) is 7.56. The number of benzene rings is 1. The summed E-state index contributed by atoms with van der Waals surface area (Å²) >= 11 is 0. The van der Waals surface area contributed by atoms with Crippen LogP contribution in [0, 0.1) is 0 Å². The highest BCUT2D eigenvalue weighted by Crippen LogP contribution is 2.23. The van der Waals surface area contributed by atoms with Gasteiger partial charge in [0.05, 0.1) is 30.0 Å². The van der Waals surface area contributed by atoms with Crippen molar-refractivity contribution in [3.63, 3.8) is 0 Å². The Bertz CT molecular complexity index is 1160. The highest BCUT2D eigenvalue weighted by atomic mass is 16.1. The third kappa shape index (κ3) is 3.58. The summed E-state index contributed by atoms with van der Waals surface area (Å²) < 4.78 is 3.50. The molecular weight excluding hydrogens is 356 g/mol. The molecule has 0 aliphatic rings. The molecule has 3 aromatic heterocycles. The van der Waals surface area contributed by atoms with E-state index in [1.54, 1.807) is 21.8 Å². The Labute approximate surface area is 160 Å². The van der Waals surface area contributed by atoms with Gasteiger partial charge in [-0.1, -0.05) is 18.7 Å². The molecule has 0 aliphatic carbocycles. The Hall–Kier alpha value is -4.01. The number of nitrogens with one attached hydrogen (secondary N) is 2. The molecule has 0 spiro atoms. The first-order valence-electron chi connectivity index (χ1n) is 8.57. The smallest absolute Gasteiger partial charge is 0.247 e. The second kappa shape index (κ2) is 7.31. The fourth-order valence-electron chi connectivity index (χ4n) is 2.84. The SMILES string of the molecule is C=CC(=O)Nc1cccc(Cn2ncc3c(Nc4cnn(C)c4)ncnc32)c1. The van der Waals surface area contributed by atoms with Gasteiger partial charge in [0.2, 0.25) is 5.91 Å². The first-order valence-corrected chi connectivity index (χ1v) is 8.57. The van der Waals surface area contributed by atoms with Crippen molar-refractivity contribution < 1.29 is 4.79 Å². The zero-order valence-electron chi connectivity index (χ0n) is 15.2. The van der Waals surface area contributed by atoms with Crippen molar-refractivity contribution in [2.75, 3.05) is 10.6 Å². The molecule has 0 saturated carbocycles. The van der Waals surface area contributed by atoms with Crippen LogP contribution in [0.4, 0.5) is 17.2 Å². The molecule has 0 radical (unpaired) electrons. The molecule has 1 aromatic carbocycles. The second-order valence-electron chi connectivity index (χ2n) is 6.18. The number of amides is 1. The number of carbonyl (C=O) groups is 1. The van der Waals surface area contributed by atoms with Crippen molar-refractivity contribution in [3.05, 3.63) is 67.4 Å². The quantitative estimate of drug-likeness (QED) is 0.503. The van der Waals surface area contributed by atoms with Crippen LogP contribution in [-0.4, -0.2) is 35.4 Å². The lowest BCUT2D eigenvalue weighted by Crippen LogP contribution is -2.08. The first-order chi connectivity index (χ1) is 13.6. The van der Waals surface area contributed by atoms with E-state index in [2.05, 4.69) is 37.4 Å². The van der Waals surface area contributed by atoms with Crippen LogP contribution < -0.4 is 10.6 Å². The molecule has 0 fully saturated rings. The molecule has 0 atom stereocenters. The summed E-state index contributed by atoms with van der Waals surface area (Å²) in [5.41, 5.74) is 3.22. The van der Waals surface area contributed by atoms with E-state index in [4.69, 9.17) is 0 Å². The predicted octanol–water partition coefficient (Wildman–Crippen LogP) is 2.48. The third-order valence-corrected chi connectivity index (χ3v) is 4.11. The van der Waals surface area contributed by atoms with Gasteiger partial charge in [0.25, 0.3) is 0 Å². The number of fused-ring (bicyclic) bond motifs is 1. The molecule has 0 saturated heterocycles. The molecule has 3 heterocycles. The summed E-state index contributed by atoms with van der Waals surface area (Å²) in [5.74, 6) is 0.414. The van der Waals surface area contributed by atoms with Crippen LogP contribution in [0.25, 0.3) is 11.0 Å². The number of anilines is 3. The fourth-order valence-corrected chi connectivity index (χ4v) is 2.84. The molecule has 1 amide bonds. The normalized spacial score (nSPS) is 10.8. The van der Waals surface area contributed by atoms with Gasteiger partial charge < -0.3 is 10.6 Å². The average molecular weight is 374 g/mol. The standard InChI is InChI=1S/C19H18N8O/c1-3-17(28)24-14-6-4-5-13(7-14)10-27-19-16(9-23-27)18(20-12-21-19)25-15-8-22-26(2)11-15/h3-9,11-12H,1,10H2,2H3,(H,24,28)(H,20,21,25). The number of hydrogen-bond donors (Lipinski definition) is 2. The number of rotatable bonds is 6. The van der Waals surface area contributed by atoms with Crippen molar-refractivity contribution in [2.24, 2.45) is 7.05 Å². The number of carbonyl (C=O) groups excluding carboxylic acids is 1. The highest BCUT2D eigenvalue weighted by Gasteiger charge is 2.11. The molecule has 4 aromatic rings. The van der Waals surface area contributed by atoms with Gasteiger partial charge in [-0.3, -0.25) is 9.48 Å². The molecule has 0 aliphatic heterocycles. The zero-order chi connectivity index (χ0) is 19.5. The van der Waals surface area contributed by atoms with Gasteiger partial charge in [-0.05, 0) is 23.8 Å². The summed E-state index contributed by atoms with van der Waals surface area (Å²) in [4.78, 5) is 20.2. The Balaban J connectivity index is 1.60. The highest BCUT2D eigenvalue weighted by molar-refractivity contribution is 5.98. The number of aryl methyl sites for hydroxylation is 1. The predicted molar refractivity (Wildman–Crippen MR) is 106 cm³/mol. The van der Waals surface area contributed by atoms with Crippen LogP contribution in [-0.2, 0) is 18.4 Å². The lowest BCUT2D eigenvalue weighted by molar-refractivity contribution is -0.111. The van der Waals surface area contributed by atoms with E-state index in [-0.39, 0.29) is 5.91 Å². The van der Waals surface area contributed by atoms with Crippen LogP contribution in [0.15, 0.2) is 61.8 Å². The van der Waals surface area contributed by atoms with E-state index in [0.29, 0.717) is 23.7 Å². The Morgan fingerprint density at radius 3 is 2.89 bits per heavy atom. The third-order valence-electron chi connectivity index (χ3n) is 4.11. The molecule has 4 rings (SSSR count). The van der Waals surface area contributed by atoms with E-state index in [9.17, 15) is 4.79 Å². The van der Waals surface area contributed by atoms with Crippen molar-refractivity contribution in [1.82, 2.24) is 29.5 Å². The Morgan fingerprint density at radius 1 is 1.21 bits per heavy atom. The molecule has 0 bridgehead atoms. The van der Waals surface area contributed by atoms with E-state index in [1.807, 2.05) is 37.5 Å². The van der Waals surface area contributed by atoms with E-state index < -0.39 is 0 Å². The van der Waals surface area contributed by atoms with Gasteiger partial charge in [-0.25, -0.2) is 14.6 Å². The second-order valence-corrected chi connectivity index (χ2v) is 6.18. The number of aromatic nitrogens is 6. The fraction of sp³-hybridized carbons (Fsp3) is 0.105. The molecule has 2 N–H and O–H groups in total. The van der Waals surface area contributed by atoms with Gasteiger partial charge in [0.1, 0.15) is 12.1 Å². The summed E-state index contributed by atoms with van der Waals surface area (Å²) in [5, 5.41) is 15.4. The molecule has 0 unspecified atom stereocenters. The van der Waals surface area contributed by atoms with Crippen LogP contribution in [0.5, 0.6) is 0 Å². The largest absolute Gasteiger partial charge is 0.337 e. The van der Waals surface area contributed by atoms with Gasteiger partial charge >= 0.3 is 0 Å². The van der Waals surface area contributed by atoms with Crippen LogP contribution in [0.1, 0.15) is 5.56 Å². The molecule has 140 valence electrons. The van der Waals surface area contributed by atoms with Gasteiger partial charge in [-0.2, -0.15) is 10.2 Å². The van der Waals surface area contributed by atoms with Gasteiger partial charge in [0, 0.05) is 18.9 Å². The number of hydrogen-bond acceptors (Lipinski definition) is 6. The minimum Gasteiger partial charge on any atom is -0.337 e. The van der Waals surface area contributed by atoms with E-state index in [0.717, 1.165) is 16.6 Å². The van der Waals surface area contributed by atoms with E-state index in [1.165, 1.54) is 12.4 Å². The zero-order valence-corrected chi connectivity index (χ0v) is 15.2. The maximum Gasteiger partial charge on any atom is 0.247 e. The average Bonchev–Trinajstić information content (AvgIpc) is 3.29. The maximum atomic E-state index is 11.5. The first kappa shape index (κ1) is 17.4. The Kier molecular flexibility index (Phi) is 4.55. The summed E-state index contributed by atoms with van der Waals surface area (Å²) in [7, 11) is 1.85. The van der Waals surface area contributed by atoms with Crippen LogP contribution >= 0.6 is 0 Å². The van der Waals surface area contributed by atoms with Crippen molar-refractivity contribution in [2.45, 2.75) is 6.54 Å². The molecular formula is C19H18N8O. The maximum absolute atomic E-state index is 11.5. The molecule has 9 heteroatoms. The van der Waals surface area contributed by atoms with Crippen LogP contribution in [0.2, 0.25) is 0 Å². The minimum atomic E-state index is -0.249. The topological polar surface area (TPSA) is 103 Å². The van der Waals surface area contributed by atoms with Gasteiger partial charge in [-0.15, -0.1) is 0 Å². The number of nitrogens with zero attached hydrogens (tertiary/aromatic N) is 6. The Morgan fingerprint density at radius 2 is 2.11 bits per heavy atom. The van der Waals surface area contributed by atoms with Crippen LogP contribution in [0.3, 0.4) is 0 Å².